The lowest BCUT2D eigenvalue weighted by molar-refractivity contribution is -0.138. The van der Waals surface area contributed by atoms with Crippen LogP contribution in [-0.2, 0) is 14.3 Å². The number of nitrogens with one attached hydrogen (secondary N) is 2. The second-order valence-corrected chi connectivity index (χ2v) is 12.2. The highest BCUT2D eigenvalue weighted by Gasteiger charge is 2.30. The highest BCUT2D eigenvalue weighted by molar-refractivity contribution is 5.91. The quantitative estimate of drug-likeness (QED) is 0.246. The minimum absolute atomic E-state index is 0.0366. The number of anilines is 1. The van der Waals surface area contributed by atoms with Crippen LogP contribution in [0.4, 0.5) is 10.5 Å². The average molecular weight is 620 g/mol. The molecule has 3 amide bonds. The second-order valence-electron chi connectivity index (χ2n) is 12.2. The predicted octanol–water partition coefficient (Wildman–Crippen LogP) is 5.77. The Bertz CT molecular complexity index is 1200. The molecule has 4 rings (SSSR count). The number of nitrogens with zero attached hydrogens (tertiary/aromatic N) is 3. The van der Waals surface area contributed by atoms with Gasteiger partial charge in [-0.05, 0) is 77.1 Å². The number of carbonyl (C=O) groups excluding carboxylic acids is 3. The smallest absolute Gasteiger partial charge is 0.411 e. The van der Waals surface area contributed by atoms with Crippen molar-refractivity contribution in [2.24, 2.45) is 0 Å². The van der Waals surface area contributed by atoms with Gasteiger partial charge in [0.25, 0.3) is 0 Å². The van der Waals surface area contributed by atoms with Gasteiger partial charge in [0.1, 0.15) is 6.10 Å². The Kier molecular flexibility index (Phi) is 14.2. The van der Waals surface area contributed by atoms with Gasteiger partial charge in [-0.2, -0.15) is 0 Å². The zero-order valence-corrected chi connectivity index (χ0v) is 27.3. The third-order valence-electron chi connectivity index (χ3n) is 9.13. The van der Waals surface area contributed by atoms with E-state index >= 15 is 0 Å². The third-order valence-corrected chi connectivity index (χ3v) is 9.13. The van der Waals surface area contributed by atoms with Crippen LogP contribution in [0.25, 0.3) is 11.1 Å². The Hall–Kier alpha value is -3.43. The van der Waals surface area contributed by atoms with Crippen molar-refractivity contribution < 1.29 is 19.1 Å². The standard InChI is InChI=1S/C36H53N5O4/c1-3-40(4-2)35(43)33-19-11-14-25-41(33)24-13-6-12-23-37-34(42)22-28-39-26-20-30(21-27-39)45-36(44)38-32-18-10-9-17-31(32)29-15-7-5-8-16-29/h5,7-10,15-18,30,33H,3-4,6,11-14,19-28H2,1-2H3,(H,37,42)(H,38,44)/t33-/m1/s1. The van der Waals surface area contributed by atoms with E-state index in [9.17, 15) is 14.4 Å². The Morgan fingerprint density at radius 1 is 0.844 bits per heavy atom. The maximum absolute atomic E-state index is 12.9. The Labute approximate surface area is 269 Å². The molecule has 0 radical (unpaired) electrons. The summed E-state index contributed by atoms with van der Waals surface area (Å²) in [6.07, 6.45) is 7.75. The zero-order valence-electron chi connectivity index (χ0n) is 27.3. The number of hydrogen-bond donors (Lipinski definition) is 2. The number of unbranched alkanes of at least 4 members (excludes halogenated alkanes) is 2. The van der Waals surface area contributed by atoms with Crippen molar-refractivity contribution in [1.29, 1.82) is 0 Å². The van der Waals surface area contributed by atoms with Crippen molar-refractivity contribution in [2.45, 2.75) is 83.8 Å². The van der Waals surface area contributed by atoms with Gasteiger partial charge in [0.05, 0.1) is 11.7 Å². The number of likely N-dealkylation sites (tertiary alicyclic amines) is 2. The van der Waals surface area contributed by atoms with E-state index in [4.69, 9.17) is 4.74 Å². The SMILES string of the molecule is CCN(CC)C(=O)[C@H]1CCCCN1CCCCCNC(=O)CCN1CCC(OC(=O)Nc2ccccc2-c2ccccc2)CC1. The van der Waals surface area contributed by atoms with Crippen LogP contribution in [0.5, 0.6) is 0 Å². The zero-order chi connectivity index (χ0) is 31.9. The minimum atomic E-state index is -0.430. The lowest BCUT2D eigenvalue weighted by Crippen LogP contribution is -2.51. The van der Waals surface area contributed by atoms with E-state index in [-0.39, 0.29) is 24.0 Å². The van der Waals surface area contributed by atoms with Gasteiger partial charge in [-0.25, -0.2) is 4.79 Å². The van der Waals surface area contributed by atoms with Crippen molar-refractivity contribution in [2.75, 3.05) is 57.7 Å². The predicted molar refractivity (Wildman–Crippen MR) is 180 cm³/mol. The van der Waals surface area contributed by atoms with Crippen LogP contribution in [0.3, 0.4) is 0 Å². The average Bonchev–Trinajstić information content (AvgIpc) is 3.07. The highest BCUT2D eigenvalue weighted by atomic mass is 16.6. The second kappa shape index (κ2) is 18.5. The van der Waals surface area contributed by atoms with Crippen molar-refractivity contribution in [3.63, 3.8) is 0 Å². The van der Waals surface area contributed by atoms with Crippen molar-refractivity contribution in [3.05, 3.63) is 54.6 Å². The fraction of sp³-hybridized carbons (Fsp3) is 0.583. The van der Waals surface area contributed by atoms with Gasteiger partial charge in [-0.3, -0.25) is 19.8 Å². The Morgan fingerprint density at radius 3 is 2.33 bits per heavy atom. The van der Waals surface area contributed by atoms with Crippen LogP contribution in [0.15, 0.2) is 54.6 Å². The molecule has 246 valence electrons. The van der Waals surface area contributed by atoms with Crippen LogP contribution < -0.4 is 10.6 Å². The summed E-state index contributed by atoms with van der Waals surface area (Å²) in [4.78, 5) is 44.7. The lowest BCUT2D eigenvalue weighted by Gasteiger charge is -2.37. The van der Waals surface area contributed by atoms with Crippen molar-refractivity contribution in [3.8, 4) is 11.1 Å². The first-order chi connectivity index (χ1) is 22.0. The normalized spacial score (nSPS) is 17.9. The monoisotopic (exact) mass is 619 g/mol. The first-order valence-corrected chi connectivity index (χ1v) is 17.1. The van der Waals surface area contributed by atoms with E-state index in [0.29, 0.717) is 19.5 Å². The Morgan fingerprint density at radius 2 is 1.58 bits per heavy atom. The number of amides is 3. The van der Waals surface area contributed by atoms with Gasteiger partial charge in [0.15, 0.2) is 0 Å². The fourth-order valence-electron chi connectivity index (χ4n) is 6.48. The molecule has 2 aliphatic heterocycles. The summed E-state index contributed by atoms with van der Waals surface area (Å²) in [5, 5.41) is 6.00. The van der Waals surface area contributed by atoms with Crippen LogP contribution in [0.2, 0.25) is 0 Å². The number of likely N-dealkylation sites (N-methyl/N-ethyl adjacent to an activating group) is 1. The molecule has 2 aromatic carbocycles. The fourth-order valence-corrected chi connectivity index (χ4v) is 6.48. The van der Waals surface area contributed by atoms with E-state index < -0.39 is 6.09 Å². The summed E-state index contributed by atoms with van der Waals surface area (Å²) in [5.41, 5.74) is 2.73. The molecule has 2 aliphatic rings. The first-order valence-electron chi connectivity index (χ1n) is 17.1. The molecule has 2 aromatic rings. The number of carbonyl (C=O) groups is 3. The summed E-state index contributed by atoms with van der Waals surface area (Å²) in [5.74, 6) is 0.376. The van der Waals surface area contributed by atoms with Crippen LogP contribution in [0.1, 0.15) is 71.6 Å². The molecule has 2 N–H and O–H groups in total. The lowest BCUT2D eigenvalue weighted by atomic mass is 10.00. The molecule has 45 heavy (non-hydrogen) atoms. The molecule has 0 spiro atoms. The number of hydrogen-bond acceptors (Lipinski definition) is 6. The van der Waals surface area contributed by atoms with E-state index in [2.05, 4.69) is 34.3 Å². The third kappa shape index (κ3) is 10.9. The van der Waals surface area contributed by atoms with Gasteiger partial charge in [-0.1, -0.05) is 61.4 Å². The number of ether oxygens (including phenoxy) is 1. The number of para-hydroxylation sites is 1. The van der Waals surface area contributed by atoms with Gasteiger partial charge in [0, 0.05) is 51.3 Å². The molecule has 0 bridgehead atoms. The van der Waals surface area contributed by atoms with Crippen molar-refractivity contribution >= 4 is 23.6 Å². The summed E-state index contributed by atoms with van der Waals surface area (Å²) in [7, 11) is 0. The number of benzene rings is 2. The summed E-state index contributed by atoms with van der Waals surface area (Å²) in [6.45, 7) is 10.6. The molecule has 0 aliphatic carbocycles. The molecule has 2 heterocycles. The maximum Gasteiger partial charge on any atom is 0.411 e. The number of rotatable bonds is 15. The molecular formula is C36H53N5O4. The van der Waals surface area contributed by atoms with E-state index in [1.165, 1.54) is 6.42 Å². The summed E-state index contributed by atoms with van der Waals surface area (Å²) in [6, 6.07) is 17.8. The molecule has 9 heteroatoms. The molecule has 0 saturated carbocycles. The molecule has 0 unspecified atom stereocenters. The molecule has 2 saturated heterocycles. The molecule has 0 aromatic heterocycles. The van der Waals surface area contributed by atoms with Crippen LogP contribution in [-0.4, -0.2) is 97.1 Å². The highest BCUT2D eigenvalue weighted by Crippen LogP contribution is 2.28. The van der Waals surface area contributed by atoms with E-state index in [1.54, 1.807) is 0 Å². The van der Waals surface area contributed by atoms with E-state index in [0.717, 1.165) is 101 Å². The van der Waals surface area contributed by atoms with Gasteiger partial charge >= 0.3 is 6.09 Å². The summed E-state index contributed by atoms with van der Waals surface area (Å²) < 4.78 is 5.74. The van der Waals surface area contributed by atoms with E-state index in [1.807, 2.05) is 59.5 Å². The maximum atomic E-state index is 12.9. The molecule has 9 nitrogen and oxygen atoms in total. The van der Waals surface area contributed by atoms with Gasteiger partial charge in [-0.15, -0.1) is 0 Å². The molecule has 1 atom stereocenters. The minimum Gasteiger partial charge on any atom is -0.446 e. The largest absolute Gasteiger partial charge is 0.446 e. The summed E-state index contributed by atoms with van der Waals surface area (Å²) >= 11 is 0. The first kappa shape index (κ1) is 34.4. The molecule has 2 fully saturated rings. The van der Waals surface area contributed by atoms with Crippen LogP contribution >= 0.6 is 0 Å². The van der Waals surface area contributed by atoms with Crippen LogP contribution in [0, 0.1) is 0 Å². The molecular weight excluding hydrogens is 566 g/mol. The van der Waals surface area contributed by atoms with Gasteiger partial charge in [0.2, 0.25) is 11.8 Å². The Balaban J connectivity index is 1.06. The van der Waals surface area contributed by atoms with Gasteiger partial charge < -0.3 is 19.9 Å². The van der Waals surface area contributed by atoms with Crippen molar-refractivity contribution in [1.82, 2.24) is 20.0 Å². The number of piperidine rings is 2. The topological polar surface area (TPSA) is 94.2 Å².